The minimum Gasteiger partial charge on any atom is -0.508 e. The van der Waals surface area contributed by atoms with Gasteiger partial charge in [-0.25, -0.2) is 0 Å². The van der Waals surface area contributed by atoms with E-state index in [1.807, 2.05) is 52.0 Å². The van der Waals surface area contributed by atoms with Crippen molar-refractivity contribution in [3.63, 3.8) is 0 Å². The molecule has 0 saturated carbocycles. The lowest BCUT2D eigenvalue weighted by Gasteiger charge is -2.25. The van der Waals surface area contributed by atoms with Gasteiger partial charge in [-0.3, -0.25) is 4.79 Å². The molecule has 2 aromatic rings. The molecule has 0 bridgehead atoms. The van der Waals surface area contributed by atoms with Gasteiger partial charge in [0, 0.05) is 0 Å². The van der Waals surface area contributed by atoms with Crippen LogP contribution in [0, 0.1) is 6.92 Å². The number of carbonyl (C=O) groups excluding carboxylic acids is 1. The van der Waals surface area contributed by atoms with Gasteiger partial charge in [0.05, 0.1) is 12.0 Å². The van der Waals surface area contributed by atoms with Crippen molar-refractivity contribution in [3.05, 3.63) is 59.7 Å². The van der Waals surface area contributed by atoms with Crippen molar-refractivity contribution >= 4 is 5.91 Å². The van der Waals surface area contributed by atoms with Crippen LogP contribution in [0.2, 0.25) is 0 Å². The highest BCUT2D eigenvalue weighted by molar-refractivity contribution is 5.87. The first kappa shape index (κ1) is 17.9. The fraction of sp³-hybridized carbons (Fsp3) is 0.350. The van der Waals surface area contributed by atoms with Crippen LogP contribution in [0.1, 0.15) is 31.9 Å². The van der Waals surface area contributed by atoms with Crippen LogP contribution >= 0.6 is 0 Å². The van der Waals surface area contributed by atoms with Crippen molar-refractivity contribution in [3.8, 4) is 11.5 Å². The van der Waals surface area contributed by atoms with Gasteiger partial charge in [-0.1, -0.05) is 29.8 Å². The molecule has 1 amide bonds. The lowest BCUT2D eigenvalue weighted by molar-refractivity contribution is -0.126. The Bertz CT molecular complexity index is 675. The summed E-state index contributed by atoms with van der Waals surface area (Å²) >= 11 is 0. The third kappa shape index (κ3) is 4.51. The topological polar surface area (TPSA) is 58.6 Å². The van der Waals surface area contributed by atoms with Crippen molar-refractivity contribution in [2.24, 2.45) is 0 Å². The molecular formula is C20H25NO3. The van der Waals surface area contributed by atoms with E-state index in [2.05, 4.69) is 5.32 Å². The summed E-state index contributed by atoms with van der Waals surface area (Å²) in [5.74, 6) is 0.905. The minimum atomic E-state index is -0.683. The van der Waals surface area contributed by atoms with Crippen LogP contribution in [0.4, 0.5) is 0 Å². The van der Waals surface area contributed by atoms with Crippen molar-refractivity contribution in [2.75, 3.05) is 6.54 Å². The second-order valence-corrected chi connectivity index (χ2v) is 6.62. The van der Waals surface area contributed by atoms with E-state index in [0.29, 0.717) is 6.54 Å². The van der Waals surface area contributed by atoms with Gasteiger partial charge in [0.15, 0.2) is 0 Å². The first-order valence-corrected chi connectivity index (χ1v) is 8.10. The average molecular weight is 327 g/mol. The molecule has 0 aromatic heterocycles. The van der Waals surface area contributed by atoms with Gasteiger partial charge in [0.1, 0.15) is 17.6 Å². The Morgan fingerprint density at radius 3 is 2.29 bits per heavy atom. The fourth-order valence-corrected chi connectivity index (χ4v) is 2.36. The van der Waals surface area contributed by atoms with Crippen molar-refractivity contribution in [1.29, 1.82) is 0 Å². The van der Waals surface area contributed by atoms with Crippen molar-refractivity contribution < 1.29 is 14.6 Å². The zero-order chi connectivity index (χ0) is 17.7. The van der Waals surface area contributed by atoms with E-state index in [1.165, 1.54) is 5.56 Å². The van der Waals surface area contributed by atoms with Gasteiger partial charge >= 0.3 is 0 Å². The molecule has 1 atom stereocenters. The molecule has 0 aliphatic heterocycles. The second-order valence-electron chi connectivity index (χ2n) is 6.62. The fourth-order valence-electron chi connectivity index (χ4n) is 2.36. The summed E-state index contributed by atoms with van der Waals surface area (Å²) in [5.41, 5.74) is 1.35. The second kappa shape index (κ2) is 7.39. The van der Waals surface area contributed by atoms with Crippen molar-refractivity contribution in [1.82, 2.24) is 5.32 Å². The van der Waals surface area contributed by atoms with E-state index in [9.17, 15) is 9.90 Å². The molecular weight excluding hydrogens is 302 g/mol. The summed E-state index contributed by atoms with van der Waals surface area (Å²) in [6, 6.07) is 14.6. The average Bonchev–Trinajstić information content (AvgIpc) is 2.55. The van der Waals surface area contributed by atoms with Crippen LogP contribution in [-0.4, -0.2) is 23.7 Å². The van der Waals surface area contributed by atoms with Gasteiger partial charge in [-0.05, 0) is 57.5 Å². The van der Waals surface area contributed by atoms with Crippen LogP contribution in [-0.2, 0) is 10.2 Å². The molecule has 2 rings (SSSR count). The quantitative estimate of drug-likeness (QED) is 0.853. The summed E-state index contributed by atoms with van der Waals surface area (Å²) in [6.07, 6.45) is -0.132. The van der Waals surface area contributed by atoms with Gasteiger partial charge in [-0.15, -0.1) is 0 Å². The predicted molar refractivity (Wildman–Crippen MR) is 95.4 cm³/mol. The van der Waals surface area contributed by atoms with E-state index in [0.717, 1.165) is 11.3 Å². The zero-order valence-corrected chi connectivity index (χ0v) is 14.7. The number of nitrogens with one attached hydrogen (secondary N) is 1. The van der Waals surface area contributed by atoms with Crippen LogP contribution in [0.5, 0.6) is 11.5 Å². The zero-order valence-electron chi connectivity index (χ0n) is 14.7. The summed E-state index contributed by atoms with van der Waals surface area (Å²) in [5, 5.41) is 12.3. The molecule has 2 N–H and O–H groups in total. The molecule has 0 radical (unpaired) electrons. The molecule has 128 valence electrons. The summed E-state index contributed by atoms with van der Waals surface area (Å²) in [7, 11) is 0. The van der Waals surface area contributed by atoms with Gasteiger partial charge in [0.25, 0.3) is 0 Å². The Kier molecular flexibility index (Phi) is 5.50. The summed E-state index contributed by atoms with van der Waals surface area (Å²) < 4.78 is 5.81. The number of aromatic hydroxyl groups is 1. The smallest absolute Gasteiger partial charge is 0.230 e. The molecule has 4 heteroatoms. The number of aryl methyl sites for hydroxylation is 1. The number of benzene rings is 2. The van der Waals surface area contributed by atoms with Gasteiger partial charge < -0.3 is 15.2 Å². The van der Waals surface area contributed by atoms with Gasteiger partial charge in [-0.2, -0.15) is 0 Å². The van der Waals surface area contributed by atoms with Crippen LogP contribution in [0.15, 0.2) is 48.5 Å². The normalized spacial score (nSPS) is 12.5. The molecule has 0 fully saturated rings. The highest BCUT2D eigenvalue weighted by Gasteiger charge is 2.29. The predicted octanol–water partition coefficient (Wildman–Crippen LogP) is 3.56. The van der Waals surface area contributed by atoms with Crippen molar-refractivity contribution in [2.45, 2.75) is 39.2 Å². The number of ether oxygens (including phenoxy) is 1. The SMILES string of the molecule is Cc1ccc(OC(C)CNC(=O)C(C)(C)c2ccc(O)cc2)cc1. The third-order valence-corrected chi connectivity index (χ3v) is 4.06. The van der Waals surface area contributed by atoms with Crippen LogP contribution < -0.4 is 10.1 Å². The Labute approximate surface area is 143 Å². The molecule has 0 heterocycles. The minimum absolute atomic E-state index is 0.0763. The number of rotatable bonds is 6. The maximum atomic E-state index is 12.5. The Hall–Kier alpha value is -2.49. The van der Waals surface area contributed by atoms with Crippen LogP contribution in [0.25, 0.3) is 0 Å². The monoisotopic (exact) mass is 327 g/mol. The maximum Gasteiger partial charge on any atom is 0.230 e. The third-order valence-electron chi connectivity index (χ3n) is 4.06. The Morgan fingerprint density at radius 2 is 1.71 bits per heavy atom. The molecule has 2 aromatic carbocycles. The van der Waals surface area contributed by atoms with E-state index in [4.69, 9.17) is 4.74 Å². The molecule has 0 spiro atoms. The van der Waals surface area contributed by atoms with Crippen LogP contribution in [0.3, 0.4) is 0 Å². The largest absolute Gasteiger partial charge is 0.508 e. The number of hydrogen-bond acceptors (Lipinski definition) is 3. The van der Waals surface area contributed by atoms with Gasteiger partial charge in [0.2, 0.25) is 5.91 Å². The Balaban J connectivity index is 1.91. The summed E-state index contributed by atoms with van der Waals surface area (Å²) in [4.78, 5) is 12.5. The first-order valence-electron chi connectivity index (χ1n) is 8.10. The molecule has 0 saturated heterocycles. The molecule has 1 unspecified atom stereocenters. The molecule has 24 heavy (non-hydrogen) atoms. The molecule has 4 nitrogen and oxygen atoms in total. The molecule has 0 aliphatic rings. The first-order chi connectivity index (χ1) is 11.3. The summed E-state index contributed by atoms with van der Waals surface area (Å²) in [6.45, 7) is 8.10. The van der Waals surface area contributed by atoms with E-state index in [1.54, 1.807) is 24.3 Å². The number of phenolic OH excluding ortho intramolecular Hbond substituents is 1. The number of phenols is 1. The standard InChI is InChI=1S/C20H25NO3/c1-14-5-11-18(12-6-14)24-15(2)13-21-19(23)20(3,4)16-7-9-17(22)10-8-16/h5-12,15,22H,13H2,1-4H3,(H,21,23). The maximum absolute atomic E-state index is 12.5. The number of amides is 1. The number of hydrogen-bond donors (Lipinski definition) is 2. The van der Waals surface area contributed by atoms with E-state index >= 15 is 0 Å². The number of carbonyl (C=O) groups is 1. The highest BCUT2D eigenvalue weighted by atomic mass is 16.5. The lowest BCUT2D eigenvalue weighted by atomic mass is 9.83. The highest BCUT2D eigenvalue weighted by Crippen LogP contribution is 2.25. The van der Waals surface area contributed by atoms with E-state index < -0.39 is 5.41 Å². The van der Waals surface area contributed by atoms with E-state index in [-0.39, 0.29) is 17.8 Å². The Morgan fingerprint density at radius 1 is 1.12 bits per heavy atom. The lowest BCUT2D eigenvalue weighted by Crippen LogP contribution is -2.43. The molecule has 0 aliphatic carbocycles.